The van der Waals surface area contributed by atoms with Gasteiger partial charge in [0, 0.05) is 16.8 Å². The Morgan fingerprint density at radius 3 is 3.07 bits per heavy atom. The molecule has 0 saturated carbocycles. The number of rotatable bonds is 4. The predicted molar refractivity (Wildman–Crippen MR) is 56.9 cm³/mol. The topological polar surface area (TPSA) is 39.4 Å². The highest BCUT2D eigenvalue weighted by Crippen LogP contribution is 2.23. The molecule has 2 rings (SSSR count). The van der Waals surface area contributed by atoms with Gasteiger partial charge in [-0.05, 0) is 24.3 Å². The molecular formula is C11H9ClO3. The minimum Gasteiger partial charge on any atom is -0.467 e. The second-order valence-corrected chi connectivity index (χ2v) is 3.55. The van der Waals surface area contributed by atoms with E-state index < -0.39 is 0 Å². The van der Waals surface area contributed by atoms with Crippen LogP contribution in [0.5, 0.6) is 0 Å². The molecule has 0 fully saturated rings. The van der Waals surface area contributed by atoms with Crippen molar-refractivity contribution >= 4 is 29.0 Å². The van der Waals surface area contributed by atoms with Crippen LogP contribution in [0.4, 0.5) is 0 Å². The molecule has 0 aliphatic carbocycles. The summed E-state index contributed by atoms with van der Waals surface area (Å²) < 4.78 is 10.1. The fraction of sp³-hybridized carbons (Fsp3) is 0.182. The van der Waals surface area contributed by atoms with Gasteiger partial charge in [-0.1, -0.05) is 11.6 Å². The standard InChI is InChI=1S/C11H9ClO3/c12-9-1-2-11-8(5-9)6-10(15-11)3-4-14-7-13/h1-2,5-7H,3-4H2. The molecule has 0 aliphatic rings. The lowest BCUT2D eigenvalue weighted by Gasteiger charge is -1.93. The van der Waals surface area contributed by atoms with Crippen molar-refractivity contribution in [3.63, 3.8) is 0 Å². The molecule has 0 N–H and O–H groups in total. The van der Waals surface area contributed by atoms with Crippen LogP contribution in [0, 0.1) is 0 Å². The Morgan fingerprint density at radius 1 is 1.40 bits per heavy atom. The lowest BCUT2D eigenvalue weighted by atomic mass is 10.2. The third-order valence-electron chi connectivity index (χ3n) is 2.06. The molecule has 0 unspecified atom stereocenters. The Balaban J connectivity index is 2.19. The molecule has 2 aromatic rings. The summed E-state index contributed by atoms with van der Waals surface area (Å²) in [7, 11) is 0. The lowest BCUT2D eigenvalue weighted by molar-refractivity contribution is -0.128. The van der Waals surface area contributed by atoms with Gasteiger partial charge in [-0.2, -0.15) is 0 Å². The highest BCUT2D eigenvalue weighted by Gasteiger charge is 2.03. The summed E-state index contributed by atoms with van der Waals surface area (Å²) in [6, 6.07) is 7.33. The normalized spacial score (nSPS) is 10.5. The average Bonchev–Trinajstić information content (AvgIpc) is 2.60. The maximum absolute atomic E-state index is 9.94. The quantitative estimate of drug-likeness (QED) is 0.592. The zero-order valence-corrected chi connectivity index (χ0v) is 8.66. The first kappa shape index (κ1) is 10.1. The molecule has 15 heavy (non-hydrogen) atoms. The SMILES string of the molecule is O=COCCc1cc2cc(Cl)ccc2o1. The second kappa shape index (κ2) is 4.36. The van der Waals surface area contributed by atoms with Gasteiger partial charge in [-0.25, -0.2) is 0 Å². The van der Waals surface area contributed by atoms with Crippen LogP contribution < -0.4 is 0 Å². The summed E-state index contributed by atoms with van der Waals surface area (Å²) in [6.07, 6.45) is 0.574. The molecule has 3 nitrogen and oxygen atoms in total. The highest BCUT2D eigenvalue weighted by atomic mass is 35.5. The molecule has 0 spiro atoms. The summed E-state index contributed by atoms with van der Waals surface area (Å²) in [6.45, 7) is 0.760. The van der Waals surface area contributed by atoms with Crippen LogP contribution in [-0.4, -0.2) is 13.1 Å². The monoisotopic (exact) mass is 224 g/mol. The van der Waals surface area contributed by atoms with Crippen LogP contribution >= 0.6 is 11.6 Å². The number of carbonyl (C=O) groups is 1. The maximum Gasteiger partial charge on any atom is 0.293 e. The molecule has 1 aromatic carbocycles. The fourth-order valence-corrected chi connectivity index (χ4v) is 1.58. The van der Waals surface area contributed by atoms with E-state index in [1.165, 1.54) is 0 Å². The number of fused-ring (bicyclic) bond motifs is 1. The Kier molecular flexibility index (Phi) is 2.92. The van der Waals surface area contributed by atoms with E-state index in [2.05, 4.69) is 4.74 Å². The Bertz CT molecular complexity index is 476. The molecule has 0 amide bonds. The van der Waals surface area contributed by atoms with E-state index in [0.717, 1.165) is 16.7 Å². The Hall–Kier alpha value is -1.48. The Labute approximate surface area is 91.6 Å². The smallest absolute Gasteiger partial charge is 0.293 e. The van der Waals surface area contributed by atoms with Gasteiger partial charge in [0.05, 0.1) is 6.61 Å². The van der Waals surface area contributed by atoms with E-state index in [-0.39, 0.29) is 0 Å². The molecule has 1 aromatic heterocycles. The van der Waals surface area contributed by atoms with Crippen LogP contribution in [0.25, 0.3) is 11.0 Å². The van der Waals surface area contributed by atoms with E-state index >= 15 is 0 Å². The first-order valence-corrected chi connectivity index (χ1v) is 4.90. The Morgan fingerprint density at radius 2 is 2.27 bits per heavy atom. The van der Waals surface area contributed by atoms with Gasteiger partial charge < -0.3 is 9.15 Å². The van der Waals surface area contributed by atoms with Crippen LogP contribution in [0.1, 0.15) is 5.76 Å². The second-order valence-electron chi connectivity index (χ2n) is 3.11. The highest BCUT2D eigenvalue weighted by molar-refractivity contribution is 6.31. The van der Waals surface area contributed by atoms with Crippen molar-refractivity contribution < 1.29 is 13.9 Å². The molecule has 0 atom stereocenters. The minimum atomic E-state index is 0.330. The van der Waals surface area contributed by atoms with Gasteiger partial charge in [0.1, 0.15) is 11.3 Å². The first-order chi connectivity index (χ1) is 7.29. The zero-order chi connectivity index (χ0) is 10.7. The third kappa shape index (κ3) is 2.30. The number of furan rings is 1. The molecule has 78 valence electrons. The van der Waals surface area contributed by atoms with Crippen LogP contribution in [-0.2, 0) is 16.0 Å². The molecule has 4 heteroatoms. The van der Waals surface area contributed by atoms with Gasteiger partial charge in [-0.15, -0.1) is 0 Å². The summed E-state index contributed by atoms with van der Waals surface area (Å²) in [4.78, 5) is 9.94. The molecule has 1 heterocycles. The van der Waals surface area contributed by atoms with Gasteiger partial charge in [0.2, 0.25) is 0 Å². The number of ether oxygens (including phenoxy) is 1. The van der Waals surface area contributed by atoms with Gasteiger partial charge in [0.25, 0.3) is 6.47 Å². The number of halogens is 1. The zero-order valence-electron chi connectivity index (χ0n) is 7.90. The molecular weight excluding hydrogens is 216 g/mol. The summed E-state index contributed by atoms with van der Waals surface area (Å²) in [5.74, 6) is 0.786. The number of carbonyl (C=O) groups excluding carboxylic acids is 1. The van der Waals surface area contributed by atoms with E-state index in [4.69, 9.17) is 16.0 Å². The van der Waals surface area contributed by atoms with Crippen molar-refractivity contribution in [3.8, 4) is 0 Å². The van der Waals surface area contributed by atoms with Crippen molar-refractivity contribution in [2.75, 3.05) is 6.61 Å². The first-order valence-electron chi connectivity index (χ1n) is 4.53. The average molecular weight is 225 g/mol. The van der Waals surface area contributed by atoms with Gasteiger partial charge in [-0.3, -0.25) is 4.79 Å². The number of hydrogen-bond acceptors (Lipinski definition) is 3. The van der Waals surface area contributed by atoms with Crippen molar-refractivity contribution in [2.24, 2.45) is 0 Å². The van der Waals surface area contributed by atoms with Crippen molar-refractivity contribution in [2.45, 2.75) is 6.42 Å². The molecule has 0 aliphatic heterocycles. The van der Waals surface area contributed by atoms with Crippen molar-refractivity contribution in [1.29, 1.82) is 0 Å². The van der Waals surface area contributed by atoms with E-state index in [9.17, 15) is 4.79 Å². The minimum absolute atomic E-state index is 0.330. The summed E-state index contributed by atoms with van der Waals surface area (Å²) >= 11 is 5.84. The van der Waals surface area contributed by atoms with Crippen molar-refractivity contribution in [1.82, 2.24) is 0 Å². The largest absolute Gasteiger partial charge is 0.467 e. The summed E-state index contributed by atoms with van der Waals surface area (Å²) in [5, 5.41) is 1.64. The number of hydrogen-bond donors (Lipinski definition) is 0. The summed E-state index contributed by atoms with van der Waals surface area (Å²) in [5.41, 5.74) is 0.792. The van der Waals surface area contributed by atoms with E-state index in [0.29, 0.717) is 24.5 Å². The molecule has 0 radical (unpaired) electrons. The third-order valence-corrected chi connectivity index (χ3v) is 2.30. The van der Waals surface area contributed by atoms with Gasteiger partial charge in [0.15, 0.2) is 0 Å². The molecule has 0 bridgehead atoms. The molecule has 0 saturated heterocycles. The lowest BCUT2D eigenvalue weighted by Crippen LogP contribution is -1.94. The van der Waals surface area contributed by atoms with Crippen LogP contribution in [0.15, 0.2) is 28.7 Å². The maximum atomic E-state index is 9.94. The number of benzene rings is 1. The van der Waals surface area contributed by atoms with Crippen LogP contribution in [0.3, 0.4) is 0 Å². The van der Waals surface area contributed by atoms with Crippen LogP contribution in [0.2, 0.25) is 5.02 Å². The fourth-order valence-electron chi connectivity index (χ4n) is 1.40. The van der Waals surface area contributed by atoms with E-state index in [1.54, 1.807) is 6.07 Å². The van der Waals surface area contributed by atoms with Gasteiger partial charge >= 0.3 is 0 Å². The van der Waals surface area contributed by atoms with Crippen molar-refractivity contribution in [3.05, 3.63) is 35.0 Å². The van der Waals surface area contributed by atoms with E-state index in [1.807, 2.05) is 18.2 Å². The predicted octanol–water partition coefficient (Wildman–Crippen LogP) is 2.80.